The fourth-order valence-electron chi connectivity index (χ4n) is 2.22. The Morgan fingerprint density at radius 3 is 2.68 bits per heavy atom. The monoisotopic (exact) mass is 293 g/mol. The molecule has 19 heavy (non-hydrogen) atoms. The van der Waals surface area contributed by atoms with Crippen molar-refractivity contribution in [2.75, 3.05) is 13.1 Å². The van der Waals surface area contributed by atoms with E-state index in [0.29, 0.717) is 12.7 Å². The minimum absolute atomic E-state index is 0.359. The van der Waals surface area contributed by atoms with Crippen molar-refractivity contribution in [3.63, 3.8) is 0 Å². The van der Waals surface area contributed by atoms with E-state index in [9.17, 15) is 0 Å². The summed E-state index contributed by atoms with van der Waals surface area (Å²) in [6.45, 7) is 3.64. The summed E-state index contributed by atoms with van der Waals surface area (Å²) in [5.41, 5.74) is 2.47. The van der Waals surface area contributed by atoms with Crippen LogP contribution < -0.4 is 0 Å². The van der Waals surface area contributed by atoms with Gasteiger partial charge in [0.15, 0.2) is 0 Å². The molecule has 2 nitrogen and oxygen atoms in total. The highest BCUT2D eigenvalue weighted by molar-refractivity contribution is 7.14. The van der Waals surface area contributed by atoms with E-state index in [1.54, 1.807) is 11.3 Å². The number of nitrogens with zero attached hydrogens (tertiary/aromatic N) is 1. The second-order valence-corrected chi connectivity index (χ2v) is 6.35. The number of hydrogen-bond donors (Lipinski definition) is 0. The summed E-state index contributed by atoms with van der Waals surface area (Å²) in [7, 11) is 0. The van der Waals surface area contributed by atoms with Crippen molar-refractivity contribution >= 4 is 22.9 Å². The number of ether oxygens (including phenoxy) is 1. The first kappa shape index (κ1) is 13.1. The molecule has 0 amide bonds. The Labute approximate surface area is 122 Å². The van der Waals surface area contributed by atoms with Gasteiger partial charge in [-0.05, 0) is 22.6 Å². The molecule has 1 aliphatic heterocycles. The summed E-state index contributed by atoms with van der Waals surface area (Å²) in [5, 5.41) is 2.04. The minimum atomic E-state index is 0.359. The van der Waals surface area contributed by atoms with Gasteiger partial charge in [-0.25, -0.2) is 0 Å². The molecule has 0 bridgehead atoms. The lowest BCUT2D eigenvalue weighted by molar-refractivity contribution is -0.0658. The van der Waals surface area contributed by atoms with Crippen molar-refractivity contribution in [2.24, 2.45) is 0 Å². The first-order valence-electron chi connectivity index (χ1n) is 6.41. The predicted molar refractivity (Wildman–Crippen MR) is 79.6 cm³/mol. The molecule has 1 fully saturated rings. The average Bonchev–Trinajstić information content (AvgIpc) is 2.79. The van der Waals surface area contributed by atoms with Crippen LogP contribution in [0.25, 0.3) is 0 Å². The zero-order chi connectivity index (χ0) is 13.1. The summed E-state index contributed by atoms with van der Waals surface area (Å²) in [5.74, 6) is 0. The lowest BCUT2D eigenvalue weighted by atomic mass is 10.1. The van der Waals surface area contributed by atoms with Gasteiger partial charge in [-0.1, -0.05) is 41.9 Å². The van der Waals surface area contributed by atoms with Gasteiger partial charge in [-0.3, -0.25) is 4.90 Å². The van der Waals surface area contributed by atoms with Gasteiger partial charge in [-0.2, -0.15) is 0 Å². The van der Waals surface area contributed by atoms with Crippen LogP contribution in [0.3, 0.4) is 0 Å². The molecule has 1 aromatic heterocycles. The first-order chi connectivity index (χ1) is 9.31. The van der Waals surface area contributed by atoms with E-state index in [4.69, 9.17) is 16.3 Å². The molecule has 1 aliphatic rings. The number of likely N-dealkylation sites (tertiary alicyclic amines) is 1. The molecular formula is C15H16ClNOS. The topological polar surface area (TPSA) is 12.5 Å². The van der Waals surface area contributed by atoms with Crippen LogP contribution in [-0.2, 0) is 17.9 Å². The van der Waals surface area contributed by atoms with Crippen LogP contribution in [-0.4, -0.2) is 24.1 Å². The van der Waals surface area contributed by atoms with E-state index in [1.807, 2.05) is 23.6 Å². The van der Waals surface area contributed by atoms with E-state index in [0.717, 1.165) is 24.0 Å². The molecule has 0 spiro atoms. The number of hydrogen-bond acceptors (Lipinski definition) is 3. The molecule has 0 radical (unpaired) electrons. The summed E-state index contributed by atoms with van der Waals surface area (Å²) in [4.78, 5) is 2.36. The van der Waals surface area contributed by atoms with Crippen LogP contribution in [0.1, 0.15) is 11.1 Å². The molecule has 2 heterocycles. The van der Waals surface area contributed by atoms with E-state index in [-0.39, 0.29) is 0 Å². The van der Waals surface area contributed by atoms with Gasteiger partial charge in [0.2, 0.25) is 0 Å². The molecule has 3 rings (SSSR count). The van der Waals surface area contributed by atoms with Crippen molar-refractivity contribution < 1.29 is 4.74 Å². The van der Waals surface area contributed by atoms with E-state index in [1.165, 1.54) is 11.1 Å². The van der Waals surface area contributed by atoms with Gasteiger partial charge in [-0.15, -0.1) is 11.3 Å². The van der Waals surface area contributed by atoms with Crippen molar-refractivity contribution in [1.29, 1.82) is 0 Å². The standard InChI is InChI=1S/C15H16ClNOS/c16-15-13(6-7-19-15)8-17-9-14(10-17)18-11-12-4-2-1-3-5-12/h1-7,14H,8-11H2. The molecule has 4 heteroatoms. The fourth-order valence-corrected chi connectivity index (χ4v) is 3.13. The second-order valence-electron chi connectivity index (χ2n) is 4.83. The Hall–Kier alpha value is -0.870. The molecule has 0 saturated carbocycles. The van der Waals surface area contributed by atoms with Gasteiger partial charge in [0, 0.05) is 19.6 Å². The summed E-state index contributed by atoms with van der Waals surface area (Å²) >= 11 is 7.70. The molecule has 100 valence electrons. The molecule has 1 saturated heterocycles. The van der Waals surface area contributed by atoms with E-state index < -0.39 is 0 Å². The SMILES string of the molecule is Clc1sccc1CN1CC(OCc2ccccc2)C1. The van der Waals surface area contributed by atoms with Gasteiger partial charge in [0.1, 0.15) is 0 Å². The van der Waals surface area contributed by atoms with Crippen LogP contribution in [0.4, 0.5) is 0 Å². The van der Waals surface area contributed by atoms with E-state index >= 15 is 0 Å². The maximum absolute atomic E-state index is 6.10. The molecule has 2 aromatic rings. The third kappa shape index (κ3) is 3.37. The highest BCUT2D eigenvalue weighted by Crippen LogP contribution is 2.26. The predicted octanol–water partition coefficient (Wildman–Crippen LogP) is 3.80. The summed E-state index contributed by atoms with van der Waals surface area (Å²) < 4.78 is 6.78. The normalized spacial score (nSPS) is 16.5. The molecule has 0 atom stereocenters. The smallest absolute Gasteiger partial charge is 0.0973 e. The number of rotatable bonds is 5. The maximum Gasteiger partial charge on any atom is 0.0973 e. The van der Waals surface area contributed by atoms with Crippen LogP contribution in [0, 0.1) is 0 Å². The van der Waals surface area contributed by atoms with Crippen LogP contribution in [0.2, 0.25) is 4.34 Å². The van der Waals surface area contributed by atoms with Crippen molar-refractivity contribution in [2.45, 2.75) is 19.3 Å². The molecule has 0 aliphatic carbocycles. The Balaban J connectivity index is 1.40. The molecular weight excluding hydrogens is 278 g/mol. The summed E-state index contributed by atoms with van der Waals surface area (Å²) in [6.07, 6.45) is 0.359. The first-order valence-corrected chi connectivity index (χ1v) is 7.67. The highest BCUT2D eigenvalue weighted by atomic mass is 35.5. The van der Waals surface area contributed by atoms with Crippen LogP contribution in [0.15, 0.2) is 41.8 Å². The van der Waals surface area contributed by atoms with Gasteiger partial charge < -0.3 is 4.74 Å². The Bertz CT molecular complexity index is 522. The molecule has 1 aromatic carbocycles. The Morgan fingerprint density at radius 1 is 1.21 bits per heavy atom. The molecule has 0 unspecified atom stereocenters. The summed E-state index contributed by atoms with van der Waals surface area (Å²) in [6, 6.07) is 12.4. The van der Waals surface area contributed by atoms with Gasteiger partial charge in [0.25, 0.3) is 0 Å². The number of benzene rings is 1. The van der Waals surface area contributed by atoms with Crippen LogP contribution in [0.5, 0.6) is 0 Å². The molecule has 0 N–H and O–H groups in total. The third-order valence-corrected chi connectivity index (χ3v) is 4.59. The fraction of sp³-hybridized carbons (Fsp3) is 0.333. The van der Waals surface area contributed by atoms with Gasteiger partial charge >= 0.3 is 0 Å². The lowest BCUT2D eigenvalue weighted by Crippen LogP contribution is -2.51. The van der Waals surface area contributed by atoms with E-state index in [2.05, 4.69) is 23.1 Å². The second kappa shape index (κ2) is 6.06. The largest absolute Gasteiger partial charge is 0.371 e. The lowest BCUT2D eigenvalue weighted by Gasteiger charge is -2.38. The van der Waals surface area contributed by atoms with Crippen molar-refractivity contribution in [3.8, 4) is 0 Å². The van der Waals surface area contributed by atoms with Crippen molar-refractivity contribution in [1.82, 2.24) is 4.90 Å². The Kier molecular flexibility index (Phi) is 4.18. The Morgan fingerprint density at radius 2 is 2.00 bits per heavy atom. The highest BCUT2D eigenvalue weighted by Gasteiger charge is 2.27. The maximum atomic E-state index is 6.10. The average molecular weight is 294 g/mol. The zero-order valence-corrected chi connectivity index (χ0v) is 12.2. The quantitative estimate of drug-likeness (QED) is 0.831. The third-order valence-electron chi connectivity index (χ3n) is 3.34. The zero-order valence-electron chi connectivity index (χ0n) is 10.6. The van der Waals surface area contributed by atoms with Gasteiger partial charge in [0.05, 0.1) is 17.0 Å². The van der Waals surface area contributed by atoms with Crippen LogP contribution >= 0.6 is 22.9 Å². The number of thiophene rings is 1. The minimum Gasteiger partial charge on any atom is -0.371 e. The van der Waals surface area contributed by atoms with Crippen molar-refractivity contribution in [3.05, 3.63) is 57.2 Å². The number of halogens is 1.